The van der Waals surface area contributed by atoms with Crippen LogP contribution in [-0.2, 0) is 13.0 Å². The molecule has 0 unspecified atom stereocenters. The molecule has 138 valence electrons. The first-order valence-corrected chi connectivity index (χ1v) is 9.90. The largest absolute Gasteiger partial charge is 0.494 e. The number of ether oxygens (including phenoxy) is 1. The standard InChI is InChI=1S/C19H23N3O3S/c1-2-3-11-25-15-6-4-14(5-7-15)8-9-20-17(23)16-13-21-19-22(18(16)24)10-12-26-19/h4-7,13H,2-3,8-12H2,1H3,(H,20,23). The van der Waals surface area contributed by atoms with Gasteiger partial charge in [0.2, 0.25) is 0 Å². The van der Waals surface area contributed by atoms with Gasteiger partial charge in [0.1, 0.15) is 11.3 Å². The maximum Gasteiger partial charge on any atom is 0.267 e. The Labute approximate surface area is 157 Å². The van der Waals surface area contributed by atoms with E-state index < -0.39 is 0 Å². The first kappa shape index (κ1) is 18.5. The molecule has 3 rings (SSSR count). The second-order valence-electron chi connectivity index (χ2n) is 6.11. The molecule has 0 aliphatic carbocycles. The summed E-state index contributed by atoms with van der Waals surface area (Å²) in [7, 11) is 0. The van der Waals surface area contributed by atoms with Crippen molar-refractivity contribution in [2.24, 2.45) is 0 Å². The van der Waals surface area contributed by atoms with Crippen LogP contribution < -0.4 is 15.6 Å². The second kappa shape index (κ2) is 8.89. The van der Waals surface area contributed by atoms with E-state index in [1.165, 1.54) is 18.0 Å². The summed E-state index contributed by atoms with van der Waals surface area (Å²) in [5.74, 6) is 1.32. The lowest BCUT2D eigenvalue weighted by atomic mass is 10.1. The first-order chi connectivity index (χ1) is 12.7. The van der Waals surface area contributed by atoms with Crippen LogP contribution in [-0.4, -0.2) is 34.4 Å². The van der Waals surface area contributed by atoms with E-state index in [9.17, 15) is 9.59 Å². The summed E-state index contributed by atoms with van der Waals surface area (Å²) in [6, 6.07) is 7.88. The smallest absolute Gasteiger partial charge is 0.267 e. The third-order valence-electron chi connectivity index (χ3n) is 4.19. The quantitative estimate of drug-likeness (QED) is 0.568. The molecule has 0 radical (unpaired) electrons. The maximum atomic E-state index is 12.3. The van der Waals surface area contributed by atoms with Crippen molar-refractivity contribution in [1.29, 1.82) is 0 Å². The number of aromatic nitrogens is 2. The van der Waals surface area contributed by atoms with Crippen LogP contribution in [0.25, 0.3) is 0 Å². The number of rotatable bonds is 8. The Morgan fingerprint density at radius 3 is 2.92 bits per heavy atom. The van der Waals surface area contributed by atoms with Gasteiger partial charge in [-0.2, -0.15) is 0 Å². The van der Waals surface area contributed by atoms with Crippen molar-refractivity contribution in [3.05, 3.63) is 51.9 Å². The Bertz CT molecular complexity index is 818. The highest BCUT2D eigenvalue weighted by Gasteiger charge is 2.19. The number of hydrogen-bond acceptors (Lipinski definition) is 5. The molecule has 7 heteroatoms. The van der Waals surface area contributed by atoms with Crippen molar-refractivity contribution >= 4 is 17.7 Å². The minimum absolute atomic E-state index is 0.107. The maximum absolute atomic E-state index is 12.3. The summed E-state index contributed by atoms with van der Waals surface area (Å²) >= 11 is 1.53. The van der Waals surface area contributed by atoms with Gasteiger partial charge in [-0.05, 0) is 30.5 Å². The van der Waals surface area contributed by atoms with E-state index in [0.717, 1.165) is 36.5 Å². The Kier molecular flexibility index (Phi) is 6.33. The molecule has 1 aromatic heterocycles. The number of carbonyl (C=O) groups excluding carboxylic acids is 1. The van der Waals surface area contributed by atoms with Crippen LogP contribution in [0.15, 0.2) is 40.4 Å². The van der Waals surface area contributed by atoms with E-state index in [1.54, 1.807) is 4.57 Å². The number of thioether (sulfide) groups is 1. The summed E-state index contributed by atoms with van der Waals surface area (Å²) in [6.07, 6.45) is 4.23. The minimum Gasteiger partial charge on any atom is -0.494 e. The molecule has 6 nitrogen and oxygen atoms in total. The summed E-state index contributed by atoms with van der Waals surface area (Å²) < 4.78 is 7.20. The predicted octanol–water partition coefficient (Wildman–Crippen LogP) is 2.50. The summed E-state index contributed by atoms with van der Waals surface area (Å²) in [4.78, 5) is 28.8. The molecule has 0 saturated heterocycles. The normalized spacial score (nSPS) is 12.7. The summed E-state index contributed by atoms with van der Waals surface area (Å²) in [6.45, 7) is 3.94. The molecule has 1 aliphatic heterocycles. The van der Waals surface area contributed by atoms with Crippen LogP contribution in [0.5, 0.6) is 5.75 Å². The number of hydrogen-bond donors (Lipinski definition) is 1. The second-order valence-corrected chi connectivity index (χ2v) is 7.17. The van der Waals surface area contributed by atoms with Gasteiger partial charge in [-0.25, -0.2) is 4.98 Å². The molecule has 0 bridgehead atoms. The topological polar surface area (TPSA) is 73.2 Å². The average Bonchev–Trinajstić information content (AvgIpc) is 3.13. The van der Waals surface area contributed by atoms with E-state index in [4.69, 9.17) is 4.74 Å². The zero-order valence-electron chi connectivity index (χ0n) is 14.9. The average molecular weight is 373 g/mol. The van der Waals surface area contributed by atoms with Crippen LogP contribution in [0, 0.1) is 0 Å². The van der Waals surface area contributed by atoms with Gasteiger partial charge in [-0.15, -0.1) is 0 Å². The van der Waals surface area contributed by atoms with Gasteiger partial charge in [0.15, 0.2) is 5.16 Å². The predicted molar refractivity (Wildman–Crippen MR) is 102 cm³/mol. The van der Waals surface area contributed by atoms with Gasteiger partial charge in [-0.3, -0.25) is 14.2 Å². The lowest BCUT2D eigenvalue weighted by molar-refractivity contribution is 0.0951. The highest BCUT2D eigenvalue weighted by molar-refractivity contribution is 7.99. The van der Waals surface area contributed by atoms with Crippen molar-refractivity contribution in [1.82, 2.24) is 14.9 Å². The van der Waals surface area contributed by atoms with Crippen molar-refractivity contribution in [2.45, 2.75) is 37.9 Å². The summed E-state index contributed by atoms with van der Waals surface area (Å²) in [5, 5.41) is 3.49. The number of unbranched alkanes of at least 4 members (excludes halogenated alkanes) is 1. The number of carbonyl (C=O) groups is 1. The van der Waals surface area contributed by atoms with E-state index in [2.05, 4.69) is 17.2 Å². The monoisotopic (exact) mass is 373 g/mol. The van der Waals surface area contributed by atoms with Gasteiger partial charge in [-0.1, -0.05) is 37.2 Å². The van der Waals surface area contributed by atoms with Crippen LogP contribution >= 0.6 is 11.8 Å². The number of nitrogens with one attached hydrogen (secondary N) is 1. The lowest BCUT2D eigenvalue weighted by Gasteiger charge is -2.08. The number of amides is 1. The third kappa shape index (κ3) is 4.46. The SMILES string of the molecule is CCCCOc1ccc(CCNC(=O)c2cnc3n(c2=O)CCS3)cc1. The Balaban J connectivity index is 1.50. The van der Waals surface area contributed by atoms with Crippen molar-refractivity contribution in [3.63, 3.8) is 0 Å². The van der Waals surface area contributed by atoms with E-state index in [-0.39, 0.29) is 17.0 Å². The van der Waals surface area contributed by atoms with Gasteiger partial charge in [0.05, 0.1) is 6.61 Å². The molecule has 26 heavy (non-hydrogen) atoms. The third-order valence-corrected chi connectivity index (χ3v) is 5.16. The zero-order valence-corrected chi connectivity index (χ0v) is 15.7. The van der Waals surface area contributed by atoms with Gasteiger partial charge >= 0.3 is 0 Å². The van der Waals surface area contributed by atoms with E-state index >= 15 is 0 Å². The highest BCUT2D eigenvalue weighted by Crippen LogP contribution is 2.20. The molecule has 0 fully saturated rings. The Morgan fingerprint density at radius 2 is 2.15 bits per heavy atom. The number of nitrogens with zero attached hydrogens (tertiary/aromatic N) is 2. The number of fused-ring (bicyclic) bond motifs is 1. The molecule has 1 N–H and O–H groups in total. The molecular weight excluding hydrogens is 350 g/mol. The van der Waals surface area contributed by atoms with Gasteiger partial charge in [0.25, 0.3) is 11.5 Å². The number of benzene rings is 1. The molecule has 2 aromatic rings. The van der Waals surface area contributed by atoms with Crippen molar-refractivity contribution < 1.29 is 9.53 Å². The van der Waals surface area contributed by atoms with Crippen molar-refractivity contribution in [2.75, 3.05) is 18.9 Å². The first-order valence-electron chi connectivity index (χ1n) is 8.91. The van der Waals surface area contributed by atoms with E-state index in [1.807, 2.05) is 24.3 Å². The fourth-order valence-corrected chi connectivity index (χ4v) is 3.59. The molecular formula is C19H23N3O3S. The summed E-state index contributed by atoms with van der Waals surface area (Å²) in [5.41, 5.74) is 0.954. The van der Waals surface area contributed by atoms with Crippen LogP contribution in [0.4, 0.5) is 0 Å². The van der Waals surface area contributed by atoms with Crippen molar-refractivity contribution in [3.8, 4) is 5.75 Å². The Morgan fingerprint density at radius 1 is 1.35 bits per heavy atom. The minimum atomic E-state index is -0.366. The molecule has 0 saturated carbocycles. The molecule has 0 atom stereocenters. The van der Waals surface area contributed by atoms with Crippen LogP contribution in [0.2, 0.25) is 0 Å². The van der Waals surface area contributed by atoms with E-state index in [0.29, 0.717) is 24.7 Å². The molecule has 1 amide bonds. The van der Waals surface area contributed by atoms with Crippen LogP contribution in [0.3, 0.4) is 0 Å². The fraction of sp³-hybridized carbons (Fsp3) is 0.421. The van der Waals surface area contributed by atoms with Gasteiger partial charge < -0.3 is 10.1 Å². The zero-order chi connectivity index (χ0) is 18.4. The Hall–Kier alpha value is -2.28. The lowest BCUT2D eigenvalue weighted by Crippen LogP contribution is -2.34. The van der Waals surface area contributed by atoms with Crippen LogP contribution in [0.1, 0.15) is 35.7 Å². The molecule has 1 aliphatic rings. The molecule has 0 spiro atoms. The van der Waals surface area contributed by atoms with Gasteiger partial charge in [0, 0.05) is 25.0 Å². The molecule has 2 heterocycles. The molecule has 1 aromatic carbocycles. The fourth-order valence-electron chi connectivity index (χ4n) is 2.68. The highest BCUT2D eigenvalue weighted by atomic mass is 32.2.